The van der Waals surface area contributed by atoms with Gasteiger partial charge in [-0.15, -0.1) is 0 Å². The fourth-order valence-corrected chi connectivity index (χ4v) is 2.78. The Hall–Kier alpha value is -1.75. The third-order valence-electron chi connectivity index (χ3n) is 3.98. The van der Waals surface area contributed by atoms with Crippen LogP contribution >= 0.6 is 0 Å². The number of nitrogens with one attached hydrogen (secondary N) is 1. The molecule has 0 bridgehead atoms. The molecule has 1 aliphatic heterocycles. The van der Waals surface area contributed by atoms with Crippen LogP contribution in [0, 0.1) is 5.82 Å². The predicted molar refractivity (Wildman–Crippen MR) is 83.8 cm³/mol. The van der Waals surface area contributed by atoms with Gasteiger partial charge in [-0.1, -0.05) is 24.3 Å². The van der Waals surface area contributed by atoms with Crippen LogP contribution in [0.3, 0.4) is 0 Å². The maximum Gasteiger partial charge on any atom is 0.123 e. The number of aliphatic hydroxyl groups is 1. The molecule has 116 valence electrons. The first-order valence-corrected chi connectivity index (χ1v) is 7.57. The van der Waals surface area contributed by atoms with E-state index in [0.717, 1.165) is 41.8 Å². The van der Waals surface area contributed by atoms with Gasteiger partial charge in [-0.25, -0.2) is 4.39 Å². The number of hydrogen-bond donors (Lipinski definition) is 2. The molecule has 2 aromatic rings. The molecule has 22 heavy (non-hydrogen) atoms. The van der Waals surface area contributed by atoms with Crippen LogP contribution in [0.25, 0.3) is 11.1 Å². The zero-order valence-electron chi connectivity index (χ0n) is 12.4. The minimum Gasteiger partial charge on any atom is -0.392 e. The van der Waals surface area contributed by atoms with Crippen LogP contribution in [0.4, 0.5) is 4.39 Å². The smallest absolute Gasteiger partial charge is 0.123 e. The van der Waals surface area contributed by atoms with Gasteiger partial charge in [-0.05, 0) is 53.4 Å². The highest BCUT2D eigenvalue weighted by molar-refractivity contribution is 5.68. The number of hydrogen-bond acceptors (Lipinski definition) is 3. The average molecular weight is 301 g/mol. The molecule has 0 aromatic heterocycles. The molecule has 4 heteroatoms. The zero-order valence-corrected chi connectivity index (χ0v) is 12.4. The summed E-state index contributed by atoms with van der Waals surface area (Å²) in [6, 6.07) is 12.4. The van der Waals surface area contributed by atoms with E-state index in [4.69, 9.17) is 4.74 Å². The molecular formula is C18H20FNO2. The monoisotopic (exact) mass is 301 g/mol. The second-order valence-electron chi connectivity index (χ2n) is 5.59. The normalized spacial score (nSPS) is 17.8. The summed E-state index contributed by atoms with van der Waals surface area (Å²) in [5.74, 6) is -0.259. The van der Waals surface area contributed by atoms with Crippen molar-refractivity contribution in [1.82, 2.24) is 5.32 Å². The standard InChI is InChI=1S/C18H20FNO2/c19-16-4-5-18(14-3-1-2-13(8-14)11-21)15(9-16)12-22-17-6-7-20-10-17/h1-5,8-9,17,20-21H,6-7,10-12H2. The van der Waals surface area contributed by atoms with Crippen molar-refractivity contribution >= 4 is 0 Å². The maximum atomic E-state index is 13.6. The van der Waals surface area contributed by atoms with Gasteiger partial charge in [-0.3, -0.25) is 0 Å². The summed E-state index contributed by atoms with van der Waals surface area (Å²) in [6.07, 6.45) is 1.19. The highest BCUT2D eigenvalue weighted by Gasteiger charge is 2.16. The topological polar surface area (TPSA) is 41.5 Å². The van der Waals surface area contributed by atoms with E-state index in [1.165, 1.54) is 12.1 Å². The molecule has 3 nitrogen and oxygen atoms in total. The van der Waals surface area contributed by atoms with E-state index < -0.39 is 0 Å². The Bertz CT molecular complexity index is 639. The Balaban J connectivity index is 1.85. The van der Waals surface area contributed by atoms with Crippen molar-refractivity contribution in [3.05, 3.63) is 59.4 Å². The molecule has 0 saturated carbocycles. The molecule has 2 N–H and O–H groups in total. The van der Waals surface area contributed by atoms with E-state index in [0.29, 0.717) is 6.61 Å². The fourth-order valence-electron chi connectivity index (χ4n) is 2.78. The van der Waals surface area contributed by atoms with Crippen LogP contribution in [0.15, 0.2) is 42.5 Å². The fraction of sp³-hybridized carbons (Fsp3) is 0.333. The van der Waals surface area contributed by atoms with Gasteiger partial charge in [0.1, 0.15) is 5.82 Å². The van der Waals surface area contributed by atoms with Crippen molar-refractivity contribution in [2.24, 2.45) is 0 Å². The first-order valence-electron chi connectivity index (χ1n) is 7.57. The molecule has 0 aliphatic carbocycles. The van der Waals surface area contributed by atoms with Gasteiger partial charge in [-0.2, -0.15) is 0 Å². The Kier molecular flexibility index (Phi) is 4.83. The summed E-state index contributed by atoms with van der Waals surface area (Å²) in [5.41, 5.74) is 3.59. The molecule has 1 fully saturated rings. The second-order valence-corrected chi connectivity index (χ2v) is 5.59. The number of ether oxygens (including phenoxy) is 1. The quantitative estimate of drug-likeness (QED) is 0.892. The lowest BCUT2D eigenvalue weighted by atomic mass is 9.98. The van der Waals surface area contributed by atoms with Crippen LogP contribution in [0.5, 0.6) is 0 Å². The van der Waals surface area contributed by atoms with E-state index in [9.17, 15) is 9.50 Å². The van der Waals surface area contributed by atoms with Gasteiger partial charge in [0.2, 0.25) is 0 Å². The largest absolute Gasteiger partial charge is 0.392 e. The Morgan fingerprint density at radius 2 is 2.14 bits per heavy atom. The van der Waals surface area contributed by atoms with Crippen LogP contribution in [-0.2, 0) is 18.0 Å². The molecule has 0 amide bonds. The molecule has 1 heterocycles. The summed E-state index contributed by atoms with van der Waals surface area (Å²) in [5, 5.41) is 12.5. The van der Waals surface area contributed by atoms with Crippen molar-refractivity contribution in [1.29, 1.82) is 0 Å². The molecule has 1 atom stereocenters. The Morgan fingerprint density at radius 1 is 1.23 bits per heavy atom. The second kappa shape index (κ2) is 7.01. The van der Waals surface area contributed by atoms with E-state index >= 15 is 0 Å². The van der Waals surface area contributed by atoms with Crippen LogP contribution in [0.1, 0.15) is 17.5 Å². The summed E-state index contributed by atoms with van der Waals surface area (Å²) < 4.78 is 19.5. The van der Waals surface area contributed by atoms with Crippen molar-refractivity contribution in [3.63, 3.8) is 0 Å². The van der Waals surface area contributed by atoms with Gasteiger partial charge in [0.05, 0.1) is 19.3 Å². The first kappa shape index (κ1) is 15.2. The maximum absolute atomic E-state index is 13.6. The summed E-state index contributed by atoms with van der Waals surface area (Å²) in [4.78, 5) is 0. The minimum atomic E-state index is -0.259. The Labute approximate surface area is 129 Å². The van der Waals surface area contributed by atoms with Crippen LogP contribution < -0.4 is 5.32 Å². The van der Waals surface area contributed by atoms with Crippen LogP contribution in [0.2, 0.25) is 0 Å². The highest BCUT2D eigenvalue weighted by atomic mass is 19.1. The molecule has 3 rings (SSSR count). The van der Waals surface area contributed by atoms with Gasteiger partial charge in [0, 0.05) is 6.54 Å². The number of rotatable bonds is 5. The van der Waals surface area contributed by atoms with Crippen LogP contribution in [-0.4, -0.2) is 24.3 Å². The third-order valence-corrected chi connectivity index (χ3v) is 3.98. The van der Waals surface area contributed by atoms with E-state index in [1.807, 2.05) is 24.3 Å². The minimum absolute atomic E-state index is 0.00535. The molecular weight excluding hydrogens is 281 g/mol. The summed E-state index contributed by atoms with van der Waals surface area (Å²) in [7, 11) is 0. The van der Waals surface area contributed by atoms with E-state index in [2.05, 4.69) is 5.32 Å². The lowest BCUT2D eigenvalue weighted by Gasteiger charge is -2.14. The van der Waals surface area contributed by atoms with Crippen molar-refractivity contribution in [2.75, 3.05) is 13.1 Å². The Morgan fingerprint density at radius 3 is 2.91 bits per heavy atom. The lowest BCUT2D eigenvalue weighted by molar-refractivity contribution is 0.0543. The SMILES string of the molecule is OCc1cccc(-c2ccc(F)cc2COC2CCNC2)c1. The predicted octanol–water partition coefficient (Wildman–Crippen LogP) is 2.86. The number of benzene rings is 2. The van der Waals surface area contributed by atoms with Gasteiger partial charge >= 0.3 is 0 Å². The molecule has 1 unspecified atom stereocenters. The highest BCUT2D eigenvalue weighted by Crippen LogP contribution is 2.27. The first-order chi connectivity index (χ1) is 10.8. The van der Waals surface area contributed by atoms with Gasteiger partial charge in [0.25, 0.3) is 0 Å². The average Bonchev–Trinajstić information content (AvgIpc) is 3.06. The lowest BCUT2D eigenvalue weighted by Crippen LogP contribution is -2.16. The van der Waals surface area contributed by atoms with Gasteiger partial charge < -0.3 is 15.2 Å². The summed E-state index contributed by atoms with van der Waals surface area (Å²) in [6.45, 7) is 2.21. The molecule has 2 aromatic carbocycles. The summed E-state index contributed by atoms with van der Waals surface area (Å²) >= 11 is 0. The van der Waals surface area contributed by atoms with Crippen molar-refractivity contribution in [3.8, 4) is 11.1 Å². The van der Waals surface area contributed by atoms with Gasteiger partial charge in [0.15, 0.2) is 0 Å². The van der Waals surface area contributed by atoms with Crippen molar-refractivity contribution < 1.29 is 14.2 Å². The van der Waals surface area contributed by atoms with E-state index in [1.54, 1.807) is 6.07 Å². The van der Waals surface area contributed by atoms with Crippen molar-refractivity contribution in [2.45, 2.75) is 25.7 Å². The third kappa shape index (κ3) is 3.53. The zero-order chi connectivity index (χ0) is 15.4. The molecule has 1 aliphatic rings. The molecule has 1 saturated heterocycles. The number of aliphatic hydroxyl groups excluding tert-OH is 1. The number of halogens is 1. The van der Waals surface area contributed by atoms with E-state index in [-0.39, 0.29) is 18.5 Å². The molecule has 0 radical (unpaired) electrons. The molecule has 0 spiro atoms.